The monoisotopic (exact) mass is 390 g/mol. The summed E-state index contributed by atoms with van der Waals surface area (Å²) >= 11 is 0. The van der Waals surface area contributed by atoms with Gasteiger partial charge in [-0.25, -0.2) is 0 Å². The molecule has 1 fully saturated rings. The number of esters is 1. The van der Waals surface area contributed by atoms with Crippen molar-refractivity contribution in [2.75, 3.05) is 20.1 Å². The number of hydrogen-bond donors (Lipinski definition) is 1. The topological polar surface area (TPSA) is 70.1 Å². The van der Waals surface area contributed by atoms with Crippen LogP contribution in [0.15, 0.2) is 30.3 Å². The average molecular weight is 391 g/mol. The summed E-state index contributed by atoms with van der Waals surface area (Å²) in [7, 11) is 1.92. The molecule has 1 N–H and O–H groups in total. The van der Waals surface area contributed by atoms with Gasteiger partial charge in [-0.2, -0.15) is 0 Å². The fourth-order valence-corrected chi connectivity index (χ4v) is 3.74. The van der Waals surface area contributed by atoms with Crippen LogP contribution >= 0.6 is 0 Å². The highest BCUT2D eigenvalue weighted by Crippen LogP contribution is 2.21. The molecule has 1 heterocycles. The van der Waals surface area contributed by atoms with Gasteiger partial charge in [0.05, 0.1) is 0 Å². The number of likely N-dealkylation sites (tertiary alicyclic amines) is 1. The summed E-state index contributed by atoms with van der Waals surface area (Å²) in [5, 5.41) is 9.65. The summed E-state index contributed by atoms with van der Waals surface area (Å²) < 4.78 is 5.59. The maximum absolute atomic E-state index is 12.8. The number of rotatable bonds is 9. The quantitative estimate of drug-likeness (QED) is 0.656. The highest BCUT2D eigenvalue weighted by Gasteiger charge is 2.34. The lowest BCUT2D eigenvalue weighted by atomic mass is 10.0. The average Bonchev–Trinajstić information content (AvgIpc) is 3.12. The first-order chi connectivity index (χ1) is 13.3. The first kappa shape index (κ1) is 22.4. The van der Waals surface area contributed by atoms with Crippen molar-refractivity contribution in [3.05, 3.63) is 35.9 Å². The minimum atomic E-state index is -0.992. The second kappa shape index (κ2) is 10.6. The Morgan fingerprint density at radius 1 is 1.25 bits per heavy atom. The van der Waals surface area contributed by atoms with E-state index in [1.807, 2.05) is 42.3 Å². The van der Waals surface area contributed by atoms with E-state index in [-0.39, 0.29) is 30.6 Å². The number of likely N-dealkylation sites (N-methyl/N-ethyl adjacent to an activating group) is 1. The lowest BCUT2D eigenvalue weighted by Gasteiger charge is -2.33. The highest BCUT2D eigenvalue weighted by molar-refractivity contribution is 5.81. The van der Waals surface area contributed by atoms with E-state index in [9.17, 15) is 14.7 Å². The van der Waals surface area contributed by atoms with Crippen LogP contribution in [0, 0.1) is 5.92 Å². The van der Waals surface area contributed by atoms with Crippen LogP contribution in [0.2, 0.25) is 0 Å². The molecule has 1 aromatic rings. The van der Waals surface area contributed by atoms with Gasteiger partial charge in [-0.3, -0.25) is 14.5 Å². The van der Waals surface area contributed by atoms with Crippen molar-refractivity contribution < 1.29 is 19.4 Å². The fraction of sp³-hybridized carbons (Fsp3) is 0.636. The molecule has 0 bridgehead atoms. The molecule has 2 unspecified atom stereocenters. The van der Waals surface area contributed by atoms with E-state index in [1.165, 1.54) is 6.92 Å². The van der Waals surface area contributed by atoms with E-state index in [2.05, 4.69) is 13.8 Å². The third kappa shape index (κ3) is 6.31. The number of carbonyl (C=O) groups excluding carboxylic acids is 2. The Morgan fingerprint density at radius 3 is 2.54 bits per heavy atom. The van der Waals surface area contributed by atoms with Crippen LogP contribution < -0.4 is 0 Å². The third-order valence-electron chi connectivity index (χ3n) is 5.24. The van der Waals surface area contributed by atoms with Gasteiger partial charge in [0.1, 0.15) is 18.8 Å². The van der Waals surface area contributed by atoms with E-state index >= 15 is 0 Å². The highest BCUT2D eigenvalue weighted by atomic mass is 16.5. The van der Waals surface area contributed by atoms with Crippen molar-refractivity contribution in [2.24, 2.45) is 5.92 Å². The summed E-state index contributed by atoms with van der Waals surface area (Å²) in [6, 6.07) is 9.32. The molecule has 0 aliphatic carbocycles. The fourth-order valence-electron chi connectivity index (χ4n) is 3.74. The van der Waals surface area contributed by atoms with E-state index in [1.54, 1.807) is 4.90 Å². The van der Waals surface area contributed by atoms with Crippen molar-refractivity contribution in [3.8, 4) is 0 Å². The second-order valence-electron chi connectivity index (χ2n) is 8.18. The molecule has 2 rings (SSSR count). The number of benzene rings is 1. The summed E-state index contributed by atoms with van der Waals surface area (Å²) in [6.07, 6.45) is 1.51. The molecule has 3 atom stereocenters. The predicted molar refractivity (Wildman–Crippen MR) is 109 cm³/mol. The molecule has 6 heteroatoms. The molecule has 0 spiro atoms. The van der Waals surface area contributed by atoms with Crippen LogP contribution in [0.3, 0.4) is 0 Å². The number of aliphatic hydroxyl groups excluding tert-OH is 1. The van der Waals surface area contributed by atoms with Crippen molar-refractivity contribution in [1.82, 2.24) is 9.80 Å². The Bertz CT molecular complexity index is 633. The number of nitrogens with zero attached hydrogens (tertiary/aromatic N) is 2. The van der Waals surface area contributed by atoms with Crippen molar-refractivity contribution in [3.63, 3.8) is 0 Å². The molecule has 1 aromatic carbocycles. The smallest absolute Gasteiger partial charge is 0.323 e. The molecule has 156 valence electrons. The van der Waals surface area contributed by atoms with Crippen LogP contribution in [-0.4, -0.2) is 65.1 Å². The Labute approximate surface area is 168 Å². The Kier molecular flexibility index (Phi) is 8.45. The molecule has 0 saturated carbocycles. The normalized spacial score (nSPS) is 19.1. The Morgan fingerprint density at radius 2 is 1.93 bits per heavy atom. The zero-order valence-electron chi connectivity index (χ0n) is 17.5. The van der Waals surface area contributed by atoms with Crippen molar-refractivity contribution in [1.29, 1.82) is 0 Å². The van der Waals surface area contributed by atoms with Crippen LogP contribution in [-0.2, 0) is 20.9 Å². The van der Waals surface area contributed by atoms with E-state index in [0.717, 1.165) is 18.4 Å². The van der Waals surface area contributed by atoms with Gasteiger partial charge in [0.15, 0.2) is 0 Å². The molecule has 1 aliphatic rings. The van der Waals surface area contributed by atoms with Gasteiger partial charge in [-0.05, 0) is 44.7 Å². The van der Waals surface area contributed by atoms with E-state index in [0.29, 0.717) is 25.4 Å². The van der Waals surface area contributed by atoms with Crippen LogP contribution in [0.25, 0.3) is 0 Å². The van der Waals surface area contributed by atoms with Gasteiger partial charge < -0.3 is 14.7 Å². The number of hydrogen-bond acceptors (Lipinski definition) is 5. The lowest BCUT2D eigenvalue weighted by Crippen LogP contribution is -2.49. The number of carbonyl (C=O) groups is 2. The standard InChI is InChI=1S/C22H34N2O4/c1-16(2)13-20(22(27)28-15-18-9-6-5-7-10-18)23(4)14-19-11-8-12-24(19)21(26)17(3)25/h5-7,9-10,16-17,19-20,25H,8,11-15H2,1-4H3/t17?,19-,20?/m0/s1. The molecular formula is C22H34N2O4. The van der Waals surface area contributed by atoms with Gasteiger partial charge in [-0.1, -0.05) is 44.2 Å². The van der Waals surface area contributed by atoms with Gasteiger partial charge >= 0.3 is 5.97 Å². The van der Waals surface area contributed by atoms with Gasteiger partial charge in [0.25, 0.3) is 5.91 Å². The number of amides is 1. The number of aliphatic hydroxyl groups is 1. The molecule has 1 saturated heterocycles. The molecular weight excluding hydrogens is 356 g/mol. The molecule has 6 nitrogen and oxygen atoms in total. The third-order valence-corrected chi connectivity index (χ3v) is 5.24. The summed E-state index contributed by atoms with van der Waals surface area (Å²) in [4.78, 5) is 28.8. The SMILES string of the molecule is CC(C)CC(C(=O)OCc1ccccc1)N(C)C[C@@H]1CCCN1C(=O)C(C)O. The maximum Gasteiger partial charge on any atom is 0.323 e. The van der Waals surface area contributed by atoms with E-state index < -0.39 is 6.10 Å². The van der Waals surface area contributed by atoms with Gasteiger partial charge in [0, 0.05) is 19.1 Å². The van der Waals surface area contributed by atoms with Crippen LogP contribution in [0.5, 0.6) is 0 Å². The first-order valence-corrected chi connectivity index (χ1v) is 10.2. The first-order valence-electron chi connectivity index (χ1n) is 10.2. The molecule has 1 amide bonds. The van der Waals surface area contributed by atoms with Crippen molar-refractivity contribution in [2.45, 2.75) is 64.8 Å². The Balaban J connectivity index is 2.00. The molecule has 0 radical (unpaired) electrons. The zero-order valence-corrected chi connectivity index (χ0v) is 17.5. The lowest BCUT2D eigenvalue weighted by molar-refractivity contribution is -0.152. The minimum absolute atomic E-state index is 0.0173. The van der Waals surface area contributed by atoms with Crippen molar-refractivity contribution >= 4 is 11.9 Å². The minimum Gasteiger partial charge on any atom is -0.460 e. The van der Waals surface area contributed by atoms with Gasteiger partial charge in [-0.15, -0.1) is 0 Å². The summed E-state index contributed by atoms with van der Waals surface area (Å²) in [6.45, 7) is 7.20. The molecule has 1 aliphatic heterocycles. The summed E-state index contributed by atoms with van der Waals surface area (Å²) in [5.74, 6) is -0.120. The maximum atomic E-state index is 12.8. The Hall–Kier alpha value is -1.92. The predicted octanol–water partition coefficient (Wildman–Crippen LogP) is 2.45. The second-order valence-corrected chi connectivity index (χ2v) is 8.18. The molecule has 0 aromatic heterocycles. The largest absolute Gasteiger partial charge is 0.460 e. The van der Waals surface area contributed by atoms with Crippen LogP contribution in [0.1, 0.15) is 45.6 Å². The summed E-state index contributed by atoms with van der Waals surface area (Å²) in [5.41, 5.74) is 0.964. The van der Waals surface area contributed by atoms with Crippen LogP contribution in [0.4, 0.5) is 0 Å². The zero-order chi connectivity index (χ0) is 20.7. The molecule has 28 heavy (non-hydrogen) atoms. The number of ether oxygens (including phenoxy) is 1. The van der Waals surface area contributed by atoms with Gasteiger partial charge in [0.2, 0.25) is 0 Å². The van der Waals surface area contributed by atoms with E-state index in [4.69, 9.17) is 4.74 Å².